The van der Waals surface area contributed by atoms with Gasteiger partial charge < -0.3 is 10.3 Å². The molecule has 20 heavy (non-hydrogen) atoms. The molecule has 0 radical (unpaired) electrons. The van der Waals surface area contributed by atoms with Crippen molar-refractivity contribution in [3.63, 3.8) is 0 Å². The number of hydrogen-bond acceptors (Lipinski definition) is 3. The minimum atomic E-state index is -0.408. The lowest BCUT2D eigenvalue weighted by molar-refractivity contribution is -0.129. The number of H-pyrrole nitrogens is 1. The van der Waals surface area contributed by atoms with Crippen LogP contribution >= 0.6 is 0 Å². The first kappa shape index (κ1) is 12.8. The molecule has 0 saturated carbocycles. The minimum absolute atomic E-state index is 0.0607. The summed E-state index contributed by atoms with van der Waals surface area (Å²) in [5.41, 5.74) is 0.787. The van der Waals surface area contributed by atoms with E-state index in [1.165, 1.54) is 12.1 Å². The van der Waals surface area contributed by atoms with Gasteiger partial charge in [0.25, 0.3) is 0 Å². The molecule has 1 aromatic heterocycles. The third-order valence-electron chi connectivity index (χ3n) is 3.41. The van der Waals surface area contributed by atoms with E-state index in [1.54, 1.807) is 24.5 Å². The molecular formula is C14H15FN4O. The molecule has 1 saturated heterocycles. The summed E-state index contributed by atoms with van der Waals surface area (Å²) in [6.45, 7) is 1.90. The number of imidazole rings is 1. The van der Waals surface area contributed by atoms with E-state index in [2.05, 4.69) is 15.3 Å². The van der Waals surface area contributed by atoms with E-state index in [-0.39, 0.29) is 11.7 Å². The van der Waals surface area contributed by atoms with Gasteiger partial charge in [-0.25, -0.2) is 9.37 Å². The summed E-state index contributed by atoms with van der Waals surface area (Å²) in [6, 6.07) is 5.65. The Hall–Kier alpha value is -2.21. The molecule has 2 heterocycles. The largest absolute Gasteiger partial charge is 0.353 e. The first-order valence-electron chi connectivity index (χ1n) is 6.49. The van der Waals surface area contributed by atoms with Gasteiger partial charge in [0.05, 0.1) is 6.54 Å². The van der Waals surface area contributed by atoms with Crippen molar-refractivity contribution in [2.75, 3.05) is 13.1 Å². The summed E-state index contributed by atoms with van der Waals surface area (Å²) in [4.78, 5) is 21.4. The number of benzene rings is 1. The molecule has 0 bridgehead atoms. The summed E-state index contributed by atoms with van der Waals surface area (Å²) in [5, 5.41) is 2.85. The normalized spacial score (nSPS) is 19.9. The van der Waals surface area contributed by atoms with Gasteiger partial charge >= 0.3 is 0 Å². The molecule has 1 atom stereocenters. The van der Waals surface area contributed by atoms with Crippen LogP contribution in [0.4, 0.5) is 4.39 Å². The average molecular weight is 274 g/mol. The topological polar surface area (TPSA) is 61.0 Å². The van der Waals surface area contributed by atoms with E-state index < -0.39 is 6.04 Å². The Bertz CT molecular complexity index is 582. The third-order valence-corrected chi connectivity index (χ3v) is 3.41. The van der Waals surface area contributed by atoms with E-state index in [0.717, 1.165) is 17.9 Å². The molecule has 2 aromatic rings. The van der Waals surface area contributed by atoms with Crippen LogP contribution in [0.15, 0.2) is 36.7 Å². The highest BCUT2D eigenvalue weighted by atomic mass is 19.1. The Kier molecular flexibility index (Phi) is 3.47. The number of aromatic nitrogens is 2. The fourth-order valence-corrected chi connectivity index (χ4v) is 2.47. The predicted molar refractivity (Wildman–Crippen MR) is 71.1 cm³/mol. The van der Waals surface area contributed by atoms with Gasteiger partial charge in [0.2, 0.25) is 5.91 Å². The molecule has 104 valence electrons. The predicted octanol–water partition coefficient (Wildman–Crippen LogP) is 1.22. The van der Waals surface area contributed by atoms with Crippen LogP contribution in [0.1, 0.15) is 17.4 Å². The molecule has 5 nitrogen and oxygen atoms in total. The van der Waals surface area contributed by atoms with Gasteiger partial charge in [-0.15, -0.1) is 0 Å². The van der Waals surface area contributed by atoms with Gasteiger partial charge in [-0.2, -0.15) is 0 Å². The molecule has 1 fully saturated rings. The van der Waals surface area contributed by atoms with Crippen LogP contribution in [0.2, 0.25) is 0 Å². The average Bonchev–Trinajstić information content (AvgIpc) is 2.94. The minimum Gasteiger partial charge on any atom is -0.353 e. The van der Waals surface area contributed by atoms with Crippen molar-refractivity contribution in [1.82, 2.24) is 20.2 Å². The SMILES string of the molecule is O=C1NCCN(Cc2ncc[nH]2)[C@H]1c1ccc(F)cc1. The highest BCUT2D eigenvalue weighted by molar-refractivity contribution is 5.83. The zero-order valence-corrected chi connectivity index (χ0v) is 10.8. The molecule has 6 heteroatoms. The number of carbonyl (C=O) groups excluding carboxylic acids is 1. The van der Waals surface area contributed by atoms with Crippen LogP contribution in [0.3, 0.4) is 0 Å². The molecule has 0 aliphatic carbocycles. The van der Waals surface area contributed by atoms with Crippen molar-refractivity contribution in [3.05, 3.63) is 53.9 Å². The zero-order valence-electron chi connectivity index (χ0n) is 10.8. The molecular weight excluding hydrogens is 259 g/mol. The summed E-state index contributed by atoms with van der Waals surface area (Å²) in [6.07, 6.45) is 3.44. The lowest BCUT2D eigenvalue weighted by Gasteiger charge is -2.34. The molecule has 1 aliphatic rings. The van der Waals surface area contributed by atoms with Gasteiger partial charge in [0, 0.05) is 25.5 Å². The van der Waals surface area contributed by atoms with E-state index in [9.17, 15) is 9.18 Å². The fraction of sp³-hybridized carbons (Fsp3) is 0.286. The molecule has 0 spiro atoms. The van der Waals surface area contributed by atoms with Crippen molar-refractivity contribution < 1.29 is 9.18 Å². The van der Waals surface area contributed by atoms with Crippen LogP contribution in [-0.4, -0.2) is 33.9 Å². The molecule has 2 N–H and O–H groups in total. The number of piperazine rings is 1. The highest BCUT2D eigenvalue weighted by Crippen LogP contribution is 2.24. The van der Waals surface area contributed by atoms with Crippen molar-refractivity contribution in [3.8, 4) is 0 Å². The summed E-state index contributed by atoms with van der Waals surface area (Å²) >= 11 is 0. The standard InChI is InChI=1S/C14H15FN4O/c15-11-3-1-10(2-4-11)13-14(20)18-7-8-19(13)9-12-16-5-6-17-12/h1-6,13H,7-9H2,(H,16,17)(H,18,20)/t13-/m0/s1. The van der Waals surface area contributed by atoms with Crippen LogP contribution in [-0.2, 0) is 11.3 Å². The lowest BCUT2D eigenvalue weighted by Crippen LogP contribution is -2.49. The fourth-order valence-electron chi connectivity index (χ4n) is 2.47. The second-order valence-corrected chi connectivity index (χ2v) is 4.75. The number of amides is 1. The maximum atomic E-state index is 13.0. The number of halogens is 1. The molecule has 1 aliphatic heterocycles. The van der Waals surface area contributed by atoms with Gasteiger partial charge in [0.1, 0.15) is 17.7 Å². The third kappa shape index (κ3) is 2.55. The quantitative estimate of drug-likeness (QED) is 0.884. The smallest absolute Gasteiger partial charge is 0.242 e. The van der Waals surface area contributed by atoms with E-state index in [4.69, 9.17) is 0 Å². The number of aromatic amines is 1. The first-order valence-corrected chi connectivity index (χ1v) is 6.49. The van der Waals surface area contributed by atoms with Crippen molar-refractivity contribution in [2.24, 2.45) is 0 Å². The van der Waals surface area contributed by atoms with Gasteiger partial charge in [-0.05, 0) is 17.7 Å². The Labute approximate surface area is 115 Å². The summed E-state index contributed by atoms with van der Waals surface area (Å²) in [5.74, 6) is 0.448. The van der Waals surface area contributed by atoms with E-state index >= 15 is 0 Å². The van der Waals surface area contributed by atoms with Gasteiger partial charge in [0.15, 0.2) is 0 Å². The van der Waals surface area contributed by atoms with Crippen molar-refractivity contribution in [1.29, 1.82) is 0 Å². The first-order chi connectivity index (χ1) is 9.74. The Morgan fingerprint density at radius 3 is 2.85 bits per heavy atom. The zero-order chi connectivity index (χ0) is 13.9. The lowest BCUT2D eigenvalue weighted by atomic mass is 10.0. The van der Waals surface area contributed by atoms with E-state index in [0.29, 0.717) is 13.1 Å². The Morgan fingerprint density at radius 2 is 2.15 bits per heavy atom. The maximum Gasteiger partial charge on any atom is 0.242 e. The maximum absolute atomic E-state index is 13.0. The van der Waals surface area contributed by atoms with Crippen LogP contribution in [0.5, 0.6) is 0 Å². The van der Waals surface area contributed by atoms with Gasteiger partial charge in [-0.1, -0.05) is 12.1 Å². The van der Waals surface area contributed by atoms with Gasteiger partial charge in [-0.3, -0.25) is 9.69 Å². The molecule has 0 unspecified atom stereocenters. The van der Waals surface area contributed by atoms with Crippen LogP contribution < -0.4 is 5.32 Å². The summed E-state index contributed by atoms with van der Waals surface area (Å²) < 4.78 is 13.0. The van der Waals surface area contributed by atoms with Crippen LogP contribution in [0.25, 0.3) is 0 Å². The second-order valence-electron chi connectivity index (χ2n) is 4.75. The van der Waals surface area contributed by atoms with Crippen molar-refractivity contribution in [2.45, 2.75) is 12.6 Å². The highest BCUT2D eigenvalue weighted by Gasteiger charge is 2.31. The molecule has 3 rings (SSSR count). The molecule has 1 amide bonds. The number of nitrogens with one attached hydrogen (secondary N) is 2. The molecule has 1 aromatic carbocycles. The number of rotatable bonds is 3. The Morgan fingerprint density at radius 1 is 1.35 bits per heavy atom. The number of hydrogen-bond donors (Lipinski definition) is 2. The number of carbonyl (C=O) groups is 1. The second kappa shape index (κ2) is 5.42. The Balaban J connectivity index is 1.86. The summed E-state index contributed by atoms with van der Waals surface area (Å²) in [7, 11) is 0. The number of nitrogens with zero attached hydrogens (tertiary/aromatic N) is 2. The van der Waals surface area contributed by atoms with Crippen LogP contribution in [0, 0.1) is 5.82 Å². The van der Waals surface area contributed by atoms with E-state index in [1.807, 2.05) is 4.90 Å². The monoisotopic (exact) mass is 274 g/mol. The van der Waals surface area contributed by atoms with Crippen molar-refractivity contribution >= 4 is 5.91 Å².